The smallest absolute Gasteiger partial charge is 0.271 e. The Morgan fingerprint density at radius 2 is 1.55 bits per heavy atom. The third-order valence-electron chi connectivity index (χ3n) is 5.05. The fourth-order valence-corrected chi connectivity index (χ4v) is 3.25. The molecule has 3 aromatic carbocycles. The van der Waals surface area contributed by atoms with Crippen LogP contribution in [0.15, 0.2) is 65.8 Å². The lowest BCUT2D eigenvalue weighted by atomic mass is 10.0. The Labute approximate surface area is 172 Å². The Hall–Kier alpha value is -3.34. The Balaban J connectivity index is 1.71. The maximum atomic E-state index is 12.4. The molecule has 3 rings (SSSR count). The van der Waals surface area contributed by atoms with Gasteiger partial charge in [0.25, 0.3) is 5.91 Å². The van der Waals surface area contributed by atoms with E-state index in [4.69, 9.17) is 4.74 Å². The van der Waals surface area contributed by atoms with Gasteiger partial charge < -0.3 is 9.64 Å². The van der Waals surface area contributed by atoms with Crippen molar-refractivity contribution in [3.63, 3.8) is 0 Å². The molecule has 0 saturated heterocycles. The molecule has 0 spiro atoms. The molecule has 5 nitrogen and oxygen atoms in total. The number of hydrazone groups is 1. The highest BCUT2D eigenvalue weighted by atomic mass is 16.5. The normalized spacial score (nSPS) is 11.4. The molecule has 0 bridgehead atoms. The number of fused-ring (bicyclic) bond motifs is 1. The van der Waals surface area contributed by atoms with Gasteiger partial charge in [0, 0.05) is 24.3 Å². The first-order valence-corrected chi connectivity index (χ1v) is 9.83. The minimum absolute atomic E-state index is 0.221. The van der Waals surface area contributed by atoms with Crippen molar-refractivity contribution in [2.45, 2.75) is 20.8 Å². The van der Waals surface area contributed by atoms with Gasteiger partial charge in [-0.3, -0.25) is 4.79 Å². The lowest BCUT2D eigenvalue weighted by Crippen LogP contribution is -2.22. The van der Waals surface area contributed by atoms with E-state index < -0.39 is 0 Å². The summed E-state index contributed by atoms with van der Waals surface area (Å²) in [5.74, 6) is 0.607. The van der Waals surface area contributed by atoms with Gasteiger partial charge in [-0.05, 0) is 79.6 Å². The minimum atomic E-state index is -0.221. The lowest BCUT2D eigenvalue weighted by molar-refractivity contribution is 0.0955. The van der Waals surface area contributed by atoms with E-state index in [1.165, 1.54) is 0 Å². The van der Waals surface area contributed by atoms with Crippen LogP contribution < -0.4 is 15.1 Å². The standard InChI is InChI=1S/C24H27N3O2/c1-5-27(6-2)22-12-9-18(10-13-22)24(28)26-25-17(3)19-7-8-21-16-23(29-4)14-11-20(21)15-19/h7-16H,5-6H2,1-4H3,(H,26,28)/b25-17-. The number of ether oxygens (including phenoxy) is 1. The van der Waals surface area contributed by atoms with Crippen molar-refractivity contribution in [3.8, 4) is 5.75 Å². The van der Waals surface area contributed by atoms with E-state index in [0.717, 1.165) is 46.6 Å². The van der Waals surface area contributed by atoms with E-state index in [1.54, 1.807) is 7.11 Å². The van der Waals surface area contributed by atoms with Crippen molar-refractivity contribution in [2.75, 3.05) is 25.1 Å². The van der Waals surface area contributed by atoms with Crippen LogP contribution in [-0.4, -0.2) is 31.8 Å². The van der Waals surface area contributed by atoms with Crippen molar-refractivity contribution in [1.29, 1.82) is 0 Å². The summed E-state index contributed by atoms with van der Waals surface area (Å²) in [6.07, 6.45) is 0. The molecule has 0 aliphatic rings. The SMILES string of the molecule is CCN(CC)c1ccc(C(=O)N/N=C(/C)c2ccc3cc(OC)ccc3c2)cc1. The first-order chi connectivity index (χ1) is 14.0. The average molecular weight is 389 g/mol. The molecule has 3 aromatic rings. The number of benzene rings is 3. The highest BCUT2D eigenvalue weighted by molar-refractivity contribution is 6.03. The molecule has 0 saturated carbocycles. The van der Waals surface area contributed by atoms with Crippen molar-refractivity contribution in [1.82, 2.24) is 5.43 Å². The summed E-state index contributed by atoms with van der Waals surface area (Å²) in [6.45, 7) is 7.98. The largest absolute Gasteiger partial charge is 0.497 e. The fourth-order valence-electron chi connectivity index (χ4n) is 3.25. The van der Waals surface area contributed by atoms with Crippen LogP contribution in [-0.2, 0) is 0 Å². The van der Waals surface area contributed by atoms with E-state index in [9.17, 15) is 4.79 Å². The third kappa shape index (κ3) is 4.74. The molecule has 1 N–H and O–H groups in total. The van der Waals surface area contributed by atoms with Crippen LogP contribution in [0.4, 0.5) is 5.69 Å². The second-order valence-electron chi connectivity index (χ2n) is 6.79. The number of carbonyl (C=O) groups excluding carboxylic acids is 1. The van der Waals surface area contributed by atoms with Crippen LogP contribution in [0.5, 0.6) is 5.75 Å². The van der Waals surface area contributed by atoms with E-state index in [1.807, 2.05) is 61.5 Å². The molecule has 0 unspecified atom stereocenters. The molecule has 0 aromatic heterocycles. The molecule has 1 amide bonds. The number of rotatable bonds is 7. The Bertz CT molecular complexity index is 1020. The lowest BCUT2D eigenvalue weighted by Gasteiger charge is -2.20. The molecule has 0 aliphatic heterocycles. The molecule has 0 aliphatic carbocycles. The third-order valence-corrected chi connectivity index (χ3v) is 5.05. The molecule has 0 heterocycles. The summed E-state index contributed by atoms with van der Waals surface area (Å²) in [4.78, 5) is 14.7. The maximum Gasteiger partial charge on any atom is 0.271 e. The van der Waals surface area contributed by atoms with E-state index in [2.05, 4.69) is 35.3 Å². The van der Waals surface area contributed by atoms with Gasteiger partial charge >= 0.3 is 0 Å². The second-order valence-corrected chi connectivity index (χ2v) is 6.79. The molecule has 5 heteroatoms. The van der Waals surface area contributed by atoms with Gasteiger partial charge in [-0.2, -0.15) is 5.10 Å². The number of hydrogen-bond donors (Lipinski definition) is 1. The number of methoxy groups -OCH3 is 1. The zero-order chi connectivity index (χ0) is 20.8. The van der Waals surface area contributed by atoms with Gasteiger partial charge in [0.2, 0.25) is 0 Å². The maximum absolute atomic E-state index is 12.4. The highest BCUT2D eigenvalue weighted by Gasteiger charge is 2.08. The summed E-state index contributed by atoms with van der Waals surface area (Å²) in [7, 11) is 1.66. The second kappa shape index (κ2) is 9.24. The topological polar surface area (TPSA) is 53.9 Å². The van der Waals surface area contributed by atoms with Gasteiger partial charge in [0.05, 0.1) is 12.8 Å². The highest BCUT2D eigenvalue weighted by Crippen LogP contribution is 2.22. The van der Waals surface area contributed by atoms with E-state index in [-0.39, 0.29) is 5.91 Å². The summed E-state index contributed by atoms with van der Waals surface area (Å²) < 4.78 is 5.27. The molecule has 150 valence electrons. The Morgan fingerprint density at radius 3 is 2.21 bits per heavy atom. The number of carbonyl (C=O) groups is 1. The molecular weight excluding hydrogens is 362 g/mol. The van der Waals surface area contributed by atoms with Crippen molar-refractivity contribution < 1.29 is 9.53 Å². The van der Waals surface area contributed by atoms with Crippen molar-refractivity contribution >= 4 is 28.1 Å². The summed E-state index contributed by atoms with van der Waals surface area (Å²) in [5.41, 5.74) is 6.06. The van der Waals surface area contributed by atoms with Crippen LogP contribution in [0.25, 0.3) is 10.8 Å². The van der Waals surface area contributed by atoms with Gasteiger partial charge in [0.15, 0.2) is 0 Å². The molecule has 0 fully saturated rings. The summed E-state index contributed by atoms with van der Waals surface area (Å²) in [5, 5.41) is 6.47. The number of nitrogens with one attached hydrogen (secondary N) is 1. The number of nitrogens with zero attached hydrogens (tertiary/aromatic N) is 2. The predicted molar refractivity (Wildman–Crippen MR) is 120 cm³/mol. The fraction of sp³-hybridized carbons (Fsp3) is 0.250. The predicted octanol–water partition coefficient (Wildman–Crippen LogP) is 4.85. The van der Waals surface area contributed by atoms with Gasteiger partial charge in [0.1, 0.15) is 5.75 Å². The first kappa shape index (κ1) is 20.4. The Kier molecular flexibility index (Phi) is 6.50. The van der Waals surface area contributed by atoms with Crippen LogP contribution >= 0.6 is 0 Å². The monoisotopic (exact) mass is 389 g/mol. The molecule has 29 heavy (non-hydrogen) atoms. The first-order valence-electron chi connectivity index (χ1n) is 9.83. The van der Waals surface area contributed by atoms with Crippen LogP contribution in [0.2, 0.25) is 0 Å². The minimum Gasteiger partial charge on any atom is -0.497 e. The van der Waals surface area contributed by atoms with Gasteiger partial charge in [-0.15, -0.1) is 0 Å². The van der Waals surface area contributed by atoms with Gasteiger partial charge in [-0.1, -0.05) is 18.2 Å². The van der Waals surface area contributed by atoms with Gasteiger partial charge in [-0.25, -0.2) is 5.43 Å². The molecule has 0 atom stereocenters. The van der Waals surface area contributed by atoms with Crippen molar-refractivity contribution in [3.05, 3.63) is 71.8 Å². The van der Waals surface area contributed by atoms with E-state index >= 15 is 0 Å². The van der Waals surface area contributed by atoms with Crippen LogP contribution in [0.3, 0.4) is 0 Å². The van der Waals surface area contributed by atoms with Crippen molar-refractivity contribution in [2.24, 2.45) is 5.10 Å². The summed E-state index contributed by atoms with van der Waals surface area (Å²) >= 11 is 0. The quantitative estimate of drug-likeness (QED) is 0.464. The number of hydrogen-bond acceptors (Lipinski definition) is 4. The summed E-state index contributed by atoms with van der Waals surface area (Å²) in [6, 6.07) is 19.6. The van der Waals surface area contributed by atoms with Crippen LogP contribution in [0.1, 0.15) is 36.7 Å². The van der Waals surface area contributed by atoms with E-state index in [0.29, 0.717) is 5.56 Å². The number of amides is 1. The molecule has 0 radical (unpaired) electrons. The average Bonchev–Trinajstić information content (AvgIpc) is 2.77. The molecular formula is C24H27N3O2. The Morgan fingerprint density at radius 1 is 0.931 bits per heavy atom. The number of anilines is 1. The zero-order valence-electron chi connectivity index (χ0n) is 17.4. The zero-order valence-corrected chi connectivity index (χ0v) is 17.4. The van der Waals surface area contributed by atoms with Crippen LogP contribution in [0, 0.1) is 0 Å².